The number of carbonyl (C=O) groups is 1. The van der Waals surface area contributed by atoms with Crippen molar-refractivity contribution in [3.63, 3.8) is 0 Å². The Bertz CT molecular complexity index is 448. The van der Waals surface area contributed by atoms with Gasteiger partial charge in [0.15, 0.2) is 5.76 Å². The van der Waals surface area contributed by atoms with E-state index in [9.17, 15) is 4.79 Å². The van der Waals surface area contributed by atoms with Gasteiger partial charge in [0.05, 0.1) is 23.5 Å². The summed E-state index contributed by atoms with van der Waals surface area (Å²) in [6.07, 6.45) is 1.47. The normalized spacial score (nSPS) is 10.2. The van der Waals surface area contributed by atoms with Gasteiger partial charge in [0.25, 0.3) is 5.91 Å². The summed E-state index contributed by atoms with van der Waals surface area (Å²) in [5.41, 5.74) is 0.873. The largest absolute Gasteiger partial charge is 0.459 e. The number of carbonyl (C=O) groups excluding carboxylic acids is 1. The minimum atomic E-state index is -0.217. The van der Waals surface area contributed by atoms with Crippen LogP contribution in [0.1, 0.15) is 21.3 Å². The monoisotopic (exact) mass is 222 g/mol. The van der Waals surface area contributed by atoms with Gasteiger partial charge in [-0.25, -0.2) is 4.98 Å². The highest BCUT2D eigenvalue weighted by molar-refractivity contribution is 7.09. The fourth-order valence-electron chi connectivity index (χ4n) is 1.16. The molecule has 78 valence electrons. The summed E-state index contributed by atoms with van der Waals surface area (Å²) in [6.45, 7) is 2.37. The van der Waals surface area contributed by atoms with Crippen molar-refractivity contribution in [1.82, 2.24) is 10.3 Å². The molecule has 0 aliphatic rings. The van der Waals surface area contributed by atoms with Gasteiger partial charge in [0.1, 0.15) is 0 Å². The molecular formula is C10H10N2O2S. The molecule has 2 heterocycles. The molecule has 1 N–H and O–H groups in total. The van der Waals surface area contributed by atoms with Crippen LogP contribution in [0.15, 0.2) is 28.2 Å². The molecule has 5 heteroatoms. The number of amides is 1. The predicted molar refractivity (Wildman–Crippen MR) is 56.7 cm³/mol. The van der Waals surface area contributed by atoms with Crippen LogP contribution in [-0.2, 0) is 6.54 Å². The molecule has 0 atom stereocenters. The van der Waals surface area contributed by atoms with Crippen LogP contribution in [-0.4, -0.2) is 10.9 Å². The van der Waals surface area contributed by atoms with Crippen LogP contribution in [0.3, 0.4) is 0 Å². The Balaban J connectivity index is 1.91. The smallest absolute Gasteiger partial charge is 0.287 e. The minimum absolute atomic E-state index is 0.217. The summed E-state index contributed by atoms with van der Waals surface area (Å²) in [7, 11) is 0. The van der Waals surface area contributed by atoms with Gasteiger partial charge in [-0.2, -0.15) is 0 Å². The molecule has 0 aliphatic heterocycles. The molecule has 15 heavy (non-hydrogen) atoms. The standard InChI is InChI=1S/C10H10N2O2S/c1-7-12-8(6-15-7)5-11-10(13)9-3-2-4-14-9/h2-4,6H,5H2,1H3,(H,11,13). The Kier molecular flexibility index (Phi) is 2.82. The number of hydrogen-bond acceptors (Lipinski definition) is 4. The molecule has 0 bridgehead atoms. The highest BCUT2D eigenvalue weighted by Gasteiger charge is 2.08. The molecular weight excluding hydrogens is 212 g/mol. The van der Waals surface area contributed by atoms with Crippen molar-refractivity contribution < 1.29 is 9.21 Å². The number of thiazole rings is 1. The molecule has 0 aliphatic carbocycles. The lowest BCUT2D eigenvalue weighted by atomic mass is 10.4. The quantitative estimate of drug-likeness (QED) is 0.863. The molecule has 0 aromatic carbocycles. The van der Waals surface area contributed by atoms with Crippen LogP contribution < -0.4 is 5.32 Å². The third-order valence-electron chi connectivity index (χ3n) is 1.84. The van der Waals surface area contributed by atoms with E-state index < -0.39 is 0 Å². The molecule has 0 unspecified atom stereocenters. The van der Waals surface area contributed by atoms with Crippen LogP contribution in [0, 0.1) is 6.92 Å². The number of aryl methyl sites for hydroxylation is 1. The summed E-state index contributed by atoms with van der Waals surface area (Å²) in [5.74, 6) is 0.104. The number of nitrogens with zero attached hydrogens (tertiary/aromatic N) is 1. The van der Waals surface area contributed by atoms with Gasteiger partial charge < -0.3 is 9.73 Å². The molecule has 0 saturated carbocycles. The van der Waals surface area contributed by atoms with Crippen LogP contribution in [0.4, 0.5) is 0 Å². The second-order valence-corrected chi connectivity index (χ2v) is 4.08. The van der Waals surface area contributed by atoms with Crippen LogP contribution in [0.2, 0.25) is 0 Å². The number of nitrogens with one attached hydrogen (secondary N) is 1. The van der Waals surface area contributed by atoms with Gasteiger partial charge in [0, 0.05) is 5.38 Å². The SMILES string of the molecule is Cc1nc(CNC(=O)c2ccco2)cs1. The molecule has 1 amide bonds. The van der Waals surface area contributed by atoms with E-state index in [1.54, 1.807) is 23.5 Å². The first-order valence-corrected chi connectivity index (χ1v) is 5.36. The first-order valence-electron chi connectivity index (χ1n) is 4.48. The molecule has 0 saturated heterocycles. The van der Waals surface area contributed by atoms with Gasteiger partial charge >= 0.3 is 0 Å². The van der Waals surface area contributed by atoms with Crippen molar-refractivity contribution in [2.45, 2.75) is 13.5 Å². The van der Waals surface area contributed by atoms with Crippen molar-refractivity contribution in [1.29, 1.82) is 0 Å². The van der Waals surface area contributed by atoms with Crippen LogP contribution in [0.5, 0.6) is 0 Å². The maximum absolute atomic E-state index is 11.5. The first-order chi connectivity index (χ1) is 7.25. The van der Waals surface area contributed by atoms with E-state index in [1.807, 2.05) is 12.3 Å². The van der Waals surface area contributed by atoms with Crippen LogP contribution in [0.25, 0.3) is 0 Å². The second-order valence-electron chi connectivity index (χ2n) is 3.02. The summed E-state index contributed by atoms with van der Waals surface area (Å²) < 4.78 is 4.96. The fraction of sp³-hybridized carbons (Fsp3) is 0.200. The van der Waals surface area contributed by atoms with Crippen molar-refractivity contribution >= 4 is 17.2 Å². The van der Waals surface area contributed by atoms with Crippen molar-refractivity contribution in [3.8, 4) is 0 Å². The molecule has 0 radical (unpaired) electrons. The van der Waals surface area contributed by atoms with E-state index in [2.05, 4.69) is 10.3 Å². The summed E-state index contributed by atoms with van der Waals surface area (Å²) in [5, 5.41) is 5.65. The molecule has 0 spiro atoms. The van der Waals surface area contributed by atoms with Gasteiger partial charge in [-0.3, -0.25) is 4.79 Å². The molecule has 2 aromatic rings. The van der Waals surface area contributed by atoms with E-state index in [0.29, 0.717) is 12.3 Å². The van der Waals surface area contributed by atoms with E-state index in [-0.39, 0.29) is 5.91 Å². The maximum Gasteiger partial charge on any atom is 0.287 e. The van der Waals surface area contributed by atoms with E-state index in [0.717, 1.165) is 10.7 Å². The predicted octanol–water partition coefficient (Wildman–Crippen LogP) is 1.97. The van der Waals surface area contributed by atoms with E-state index in [4.69, 9.17) is 4.42 Å². The first kappa shape index (κ1) is 9.92. The Labute approximate surface area is 90.9 Å². The lowest BCUT2D eigenvalue weighted by molar-refractivity contribution is 0.0922. The number of rotatable bonds is 3. The van der Waals surface area contributed by atoms with Gasteiger partial charge in [-0.15, -0.1) is 11.3 Å². The highest BCUT2D eigenvalue weighted by atomic mass is 32.1. The number of aromatic nitrogens is 1. The third kappa shape index (κ3) is 2.44. The average Bonchev–Trinajstić information content (AvgIpc) is 2.84. The molecule has 2 rings (SSSR count). The Morgan fingerprint density at radius 1 is 1.67 bits per heavy atom. The van der Waals surface area contributed by atoms with E-state index >= 15 is 0 Å². The lowest BCUT2D eigenvalue weighted by Gasteiger charge is -1.99. The fourth-order valence-corrected chi connectivity index (χ4v) is 1.77. The van der Waals surface area contributed by atoms with Crippen molar-refractivity contribution in [3.05, 3.63) is 40.2 Å². The van der Waals surface area contributed by atoms with Crippen molar-refractivity contribution in [2.75, 3.05) is 0 Å². The van der Waals surface area contributed by atoms with E-state index in [1.165, 1.54) is 6.26 Å². The van der Waals surface area contributed by atoms with Crippen molar-refractivity contribution in [2.24, 2.45) is 0 Å². The number of hydrogen-bond donors (Lipinski definition) is 1. The Morgan fingerprint density at radius 2 is 2.53 bits per heavy atom. The van der Waals surface area contributed by atoms with Crippen LogP contribution >= 0.6 is 11.3 Å². The molecule has 4 nitrogen and oxygen atoms in total. The zero-order valence-corrected chi connectivity index (χ0v) is 9.00. The zero-order chi connectivity index (χ0) is 10.7. The van der Waals surface area contributed by atoms with Gasteiger partial charge in [0.2, 0.25) is 0 Å². The lowest BCUT2D eigenvalue weighted by Crippen LogP contribution is -2.22. The number of furan rings is 1. The minimum Gasteiger partial charge on any atom is -0.459 e. The second kappa shape index (κ2) is 4.27. The van der Waals surface area contributed by atoms with Gasteiger partial charge in [-0.05, 0) is 19.1 Å². The molecule has 2 aromatic heterocycles. The highest BCUT2D eigenvalue weighted by Crippen LogP contribution is 2.07. The maximum atomic E-state index is 11.5. The third-order valence-corrected chi connectivity index (χ3v) is 2.66. The topological polar surface area (TPSA) is 55.1 Å². The Morgan fingerprint density at radius 3 is 3.13 bits per heavy atom. The Hall–Kier alpha value is -1.62. The summed E-state index contributed by atoms with van der Waals surface area (Å²) in [6, 6.07) is 3.31. The average molecular weight is 222 g/mol. The zero-order valence-electron chi connectivity index (χ0n) is 8.19. The summed E-state index contributed by atoms with van der Waals surface area (Å²) in [4.78, 5) is 15.7. The van der Waals surface area contributed by atoms with Gasteiger partial charge in [-0.1, -0.05) is 0 Å². The molecule has 0 fully saturated rings. The summed E-state index contributed by atoms with van der Waals surface area (Å²) >= 11 is 1.57.